The number of methoxy groups -OCH3 is 2. The second-order valence-electron chi connectivity index (χ2n) is 4.00. The van der Waals surface area contributed by atoms with E-state index in [1.165, 1.54) is 7.11 Å². The quantitative estimate of drug-likeness (QED) is 0.571. The lowest BCUT2D eigenvalue weighted by atomic mass is 10.3. The second kappa shape index (κ2) is 8.79. The summed E-state index contributed by atoms with van der Waals surface area (Å²) in [6, 6.07) is 7.01. The van der Waals surface area contributed by atoms with E-state index in [9.17, 15) is 9.59 Å². The molecule has 110 valence electrons. The number of amides is 1. The standard InChI is InChI=1S/C14H19NO5/c1-18-11-5-3-6-12(9-11)20-10-13(16)15-8-4-7-14(17)19-2/h3,5-6,9H,4,7-8,10H2,1-2H3,(H,15,16). The van der Waals surface area contributed by atoms with Crippen LogP contribution in [-0.2, 0) is 14.3 Å². The second-order valence-corrected chi connectivity index (χ2v) is 4.00. The number of ether oxygens (including phenoxy) is 3. The SMILES string of the molecule is COC(=O)CCCNC(=O)COc1cccc(OC)c1. The fourth-order valence-corrected chi connectivity index (χ4v) is 1.45. The molecule has 1 rings (SSSR count). The Morgan fingerprint density at radius 1 is 1.20 bits per heavy atom. The number of carbonyl (C=O) groups is 2. The zero-order chi connectivity index (χ0) is 14.8. The van der Waals surface area contributed by atoms with Gasteiger partial charge in [0.25, 0.3) is 5.91 Å². The lowest BCUT2D eigenvalue weighted by molar-refractivity contribution is -0.140. The van der Waals surface area contributed by atoms with E-state index >= 15 is 0 Å². The molecule has 0 fully saturated rings. The molecular formula is C14H19NO5. The molecule has 0 unspecified atom stereocenters. The van der Waals surface area contributed by atoms with Crippen LogP contribution in [0.25, 0.3) is 0 Å². The van der Waals surface area contributed by atoms with Crippen LogP contribution in [0, 0.1) is 0 Å². The van der Waals surface area contributed by atoms with Crippen LogP contribution in [0.4, 0.5) is 0 Å². The molecule has 0 spiro atoms. The maximum absolute atomic E-state index is 11.5. The summed E-state index contributed by atoms with van der Waals surface area (Å²) in [7, 11) is 2.90. The van der Waals surface area contributed by atoms with Gasteiger partial charge in [0.1, 0.15) is 11.5 Å². The molecule has 20 heavy (non-hydrogen) atoms. The first-order chi connectivity index (χ1) is 9.65. The molecule has 1 aromatic rings. The van der Waals surface area contributed by atoms with Crippen molar-refractivity contribution in [3.8, 4) is 11.5 Å². The Balaban J connectivity index is 2.20. The molecular weight excluding hydrogens is 262 g/mol. The third-order valence-corrected chi connectivity index (χ3v) is 2.52. The van der Waals surface area contributed by atoms with Gasteiger partial charge < -0.3 is 19.5 Å². The van der Waals surface area contributed by atoms with E-state index in [1.54, 1.807) is 31.4 Å². The first-order valence-corrected chi connectivity index (χ1v) is 6.26. The van der Waals surface area contributed by atoms with Crippen LogP contribution in [0.1, 0.15) is 12.8 Å². The number of carbonyl (C=O) groups excluding carboxylic acids is 2. The van der Waals surface area contributed by atoms with Crippen LogP contribution in [-0.4, -0.2) is 39.2 Å². The van der Waals surface area contributed by atoms with Crippen LogP contribution in [0.3, 0.4) is 0 Å². The molecule has 0 heterocycles. The van der Waals surface area contributed by atoms with Crippen LogP contribution in [0.2, 0.25) is 0 Å². The van der Waals surface area contributed by atoms with E-state index in [0.717, 1.165) is 0 Å². The van der Waals surface area contributed by atoms with Gasteiger partial charge in [0.2, 0.25) is 0 Å². The van der Waals surface area contributed by atoms with Gasteiger partial charge in [-0.05, 0) is 18.6 Å². The Morgan fingerprint density at radius 2 is 1.95 bits per heavy atom. The Kier molecular flexibility index (Phi) is 6.95. The number of nitrogens with one attached hydrogen (secondary N) is 1. The zero-order valence-corrected chi connectivity index (χ0v) is 11.7. The zero-order valence-electron chi connectivity index (χ0n) is 11.7. The van der Waals surface area contributed by atoms with Crippen LogP contribution in [0.15, 0.2) is 24.3 Å². The van der Waals surface area contributed by atoms with Crippen LogP contribution < -0.4 is 14.8 Å². The summed E-state index contributed by atoms with van der Waals surface area (Å²) in [5.41, 5.74) is 0. The van der Waals surface area contributed by atoms with Gasteiger partial charge in [-0.1, -0.05) is 6.07 Å². The summed E-state index contributed by atoms with van der Waals surface area (Å²) in [5.74, 6) is 0.708. The molecule has 6 nitrogen and oxygen atoms in total. The van der Waals surface area contributed by atoms with Gasteiger partial charge in [-0.2, -0.15) is 0 Å². The summed E-state index contributed by atoms with van der Waals surface area (Å²) in [5, 5.41) is 2.66. The van der Waals surface area contributed by atoms with E-state index in [0.29, 0.717) is 24.5 Å². The minimum atomic E-state index is -0.285. The topological polar surface area (TPSA) is 73.9 Å². The molecule has 0 aliphatic carbocycles. The molecule has 0 aliphatic rings. The number of hydrogen-bond acceptors (Lipinski definition) is 5. The molecule has 0 aromatic heterocycles. The van der Waals surface area contributed by atoms with E-state index in [2.05, 4.69) is 10.1 Å². The highest BCUT2D eigenvalue weighted by molar-refractivity contribution is 5.77. The molecule has 0 saturated heterocycles. The molecule has 0 aliphatic heterocycles. The molecule has 0 radical (unpaired) electrons. The number of hydrogen-bond donors (Lipinski definition) is 1. The summed E-state index contributed by atoms with van der Waals surface area (Å²) in [4.78, 5) is 22.4. The minimum absolute atomic E-state index is 0.0780. The molecule has 0 bridgehead atoms. The largest absolute Gasteiger partial charge is 0.497 e. The van der Waals surface area contributed by atoms with E-state index in [1.807, 2.05) is 0 Å². The highest BCUT2D eigenvalue weighted by atomic mass is 16.5. The molecule has 0 atom stereocenters. The van der Waals surface area contributed by atoms with Crippen molar-refractivity contribution in [3.63, 3.8) is 0 Å². The number of rotatable bonds is 8. The van der Waals surface area contributed by atoms with E-state index in [4.69, 9.17) is 9.47 Å². The lowest BCUT2D eigenvalue weighted by Crippen LogP contribution is -2.30. The van der Waals surface area contributed by atoms with E-state index < -0.39 is 0 Å². The Morgan fingerprint density at radius 3 is 2.65 bits per heavy atom. The van der Waals surface area contributed by atoms with Crippen molar-refractivity contribution in [1.29, 1.82) is 0 Å². The lowest BCUT2D eigenvalue weighted by Gasteiger charge is -2.08. The van der Waals surface area contributed by atoms with Crippen molar-refractivity contribution in [2.24, 2.45) is 0 Å². The van der Waals surface area contributed by atoms with Gasteiger partial charge in [-0.15, -0.1) is 0 Å². The molecule has 1 N–H and O–H groups in total. The van der Waals surface area contributed by atoms with Crippen molar-refractivity contribution in [1.82, 2.24) is 5.32 Å². The fourth-order valence-electron chi connectivity index (χ4n) is 1.45. The predicted octanol–water partition coefficient (Wildman–Crippen LogP) is 1.14. The van der Waals surface area contributed by atoms with Gasteiger partial charge >= 0.3 is 5.97 Å². The summed E-state index contributed by atoms with van der Waals surface area (Å²) >= 11 is 0. The number of esters is 1. The molecule has 1 aromatic carbocycles. The Hall–Kier alpha value is -2.24. The molecule has 1 amide bonds. The first-order valence-electron chi connectivity index (χ1n) is 6.26. The summed E-state index contributed by atoms with van der Waals surface area (Å²) in [6.07, 6.45) is 0.824. The van der Waals surface area contributed by atoms with Crippen LogP contribution >= 0.6 is 0 Å². The maximum atomic E-state index is 11.5. The number of benzene rings is 1. The normalized spacial score (nSPS) is 9.70. The van der Waals surface area contributed by atoms with Crippen molar-refractivity contribution in [2.45, 2.75) is 12.8 Å². The Bertz CT molecular complexity index is 447. The maximum Gasteiger partial charge on any atom is 0.305 e. The molecule has 0 saturated carbocycles. The first kappa shape index (κ1) is 15.8. The average Bonchev–Trinajstić information content (AvgIpc) is 2.49. The average molecular weight is 281 g/mol. The third kappa shape index (κ3) is 6.08. The summed E-state index contributed by atoms with van der Waals surface area (Å²) < 4.78 is 14.9. The van der Waals surface area contributed by atoms with Crippen molar-refractivity contribution >= 4 is 11.9 Å². The Labute approximate surface area is 118 Å². The third-order valence-electron chi connectivity index (χ3n) is 2.52. The summed E-state index contributed by atoms with van der Waals surface area (Å²) in [6.45, 7) is 0.334. The van der Waals surface area contributed by atoms with Gasteiger partial charge in [0.15, 0.2) is 6.61 Å². The fraction of sp³-hybridized carbons (Fsp3) is 0.429. The van der Waals surface area contributed by atoms with Gasteiger partial charge in [-0.25, -0.2) is 0 Å². The predicted molar refractivity (Wildman–Crippen MR) is 72.7 cm³/mol. The van der Waals surface area contributed by atoms with E-state index in [-0.39, 0.29) is 24.9 Å². The van der Waals surface area contributed by atoms with Crippen molar-refractivity contribution in [3.05, 3.63) is 24.3 Å². The van der Waals surface area contributed by atoms with Crippen LogP contribution in [0.5, 0.6) is 11.5 Å². The van der Waals surface area contributed by atoms with Gasteiger partial charge in [0, 0.05) is 19.0 Å². The van der Waals surface area contributed by atoms with Crippen molar-refractivity contribution in [2.75, 3.05) is 27.4 Å². The minimum Gasteiger partial charge on any atom is -0.497 e. The van der Waals surface area contributed by atoms with Crippen molar-refractivity contribution < 1.29 is 23.8 Å². The monoisotopic (exact) mass is 281 g/mol. The smallest absolute Gasteiger partial charge is 0.305 e. The highest BCUT2D eigenvalue weighted by Gasteiger charge is 2.04. The van der Waals surface area contributed by atoms with Gasteiger partial charge in [0.05, 0.1) is 14.2 Å². The highest BCUT2D eigenvalue weighted by Crippen LogP contribution is 2.18. The molecule has 6 heteroatoms. The van der Waals surface area contributed by atoms with Gasteiger partial charge in [-0.3, -0.25) is 9.59 Å².